The first kappa shape index (κ1) is 12.4. The van der Waals surface area contributed by atoms with Crippen LogP contribution >= 0.6 is 35.3 Å². The quantitative estimate of drug-likeness (QED) is 0.369. The van der Waals surface area contributed by atoms with Crippen molar-refractivity contribution >= 4 is 35.3 Å². The van der Waals surface area contributed by atoms with Gasteiger partial charge < -0.3 is 0 Å². The Hall–Kier alpha value is -1.03. The second-order valence-electron chi connectivity index (χ2n) is 3.28. The van der Waals surface area contributed by atoms with Crippen LogP contribution in [0.15, 0.2) is 29.3 Å². The van der Waals surface area contributed by atoms with Crippen molar-refractivity contribution in [3.05, 3.63) is 29.8 Å². The molecule has 1 heterocycles. The van der Waals surface area contributed by atoms with E-state index in [0.29, 0.717) is 5.08 Å². The highest BCUT2D eigenvalue weighted by Gasteiger charge is 2.10. The predicted molar refractivity (Wildman–Crippen MR) is 74.0 cm³/mol. The van der Waals surface area contributed by atoms with Crippen molar-refractivity contribution in [1.29, 1.82) is 5.26 Å². The molecular formula is C11H9N3S3. The average molecular weight is 279 g/mol. The van der Waals surface area contributed by atoms with Crippen molar-refractivity contribution in [1.82, 2.24) is 8.75 Å². The summed E-state index contributed by atoms with van der Waals surface area (Å²) in [5.74, 6) is 0. The van der Waals surface area contributed by atoms with Gasteiger partial charge in [0.1, 0.15) is 16.1 Å². The molecule has 0 amide bonds. The van der Waals surface area contributed by atoms with Gasteiger partial charge in [-0.1, -0.05) is 41.6 Å². The minimum absolute atomic E-state index is 0.681. The molecule has 0 N–H and O–H groups in total. The fourth-order valence-corrected chi connectivity index (χ4v) is 3.31. The van der Waals surface area contributed by atoms with Crippen molar-refractivity contribution in [3.8, 4) is 16.7 Å². The third-order valence-corrected chi connectivity index (χ3v) is 4.38. The second-order valence-corrected chi connectivity index (χ2v) is 5.90. The van der Waals surface area contributed by atoms with Crippen LogP contribution in [0.4, 0.5) is 0 Å². The van der Waals surface area contributed by atoms with Crippen LogP contribution in [0, 0.1) is 17.6 Å². The number of aromatic nitrogens is 2. The van der Waals surface area contributed by atoms with E-state index in [4.69, 9.17) is 5.26 Å². The minimum atomic E-state index is 0.681. The predicted octanol–water partition coefficient (Wildman–Crippen LogP) is 3.78. The van der Waals surface area contributed by atoms with E-state index in [0.717, 1.165) is 16.3 Å². The molecule has 0 saturated heterocycles. The van der Waals surface area contributed by atoms with E-state index < -0.39 is 0 Å². The largest absolute Gasteiger partial charge is 0.185 e. The molecule has 0 fully saturated rings. The molecule has 0 spiro atoms. The number of hydrogen-bond donors (Lipinski definition) is 0. The topological polar surface area (TPSA) is 49.6 Å². The van der Waals surface area contributed by atoms with Crippen LogP contribution in [0.25, 0.3) is 11.3 Å². The van der Waals surface area contributed by atoms with E-state index in [1.54, 1.807) is 11.8 Å². The first-order chi connectivity index (χ1) is 8.31. The van der Waals surface area contributed by atoms with Gasteiger partial charge in [-0.2, -0.15) is 14.0 Å². The van der Waals surface area contributed by atoms with Gasteiger partial charge in [0.25, 0.3) is 0 Å². The lowest BCUT2D eigenvalue weighted by Crippen LogP contribution is -1.82. The molecule has 0 saturated carbocycles. The number of rotatable bonds is 4. The van der Waals surface area contributed by atoms with Crippen molar-refractivity contribution in [2.24, 2.45) is 0 Å². The normalized spacial score (nSPS) is 10.1. The van der Waals surface area contributed by atoms with E-state index in [9.17, 15) is 0 Å². The van der Waals surface area contributed by atoms with Gasteiger partial charge in [-0.3, -0.25) is 0 Å². The number of thioether (sulfide) groups is 2. The Morgan fingerprint density at radius 2 is 2.06 bits per heavy atom. The van der Waals surface area contributed by atoms with Crippen LogP contribution < -0.4 is 0 Å². The molecule has 0 aliphatic carbocycles. The monoisotopic (exact) mass is 279 g/mol. The highest BCUT2D eigenvalue weighted by molar-refractivity contribution is 8.18. The van der Waals surface area contributed by atoms with Crippen LogP contribution in [0.1, 0.15) is 5.56 Å². The summed E-state index contributed by atoms with van der Waals surface area (Å²) in [6, 6.07) is 8.22. The van der Waals surface area contributed by atoms with Gasteiger partial charge in [-0.05, 0) is 18.7 Å². The molecule has 17 heavy (non-hydrogen) atoms. The van der Waals surface area contributed by atoms with Gasteiger partial charge in [0, 0.05) is 5.56 Å². The van der Waals surface area contributed by atoms with Crippen LogP contribution in [0.5, 0.6) is 0 Å². The van der Waals surface area contributed by atoms with Gasteiger partial charge in [-0.15, -0.1) is 0 Å². The number of nitriles is 1. The second kappa shape index (κ2) is 6.05. The summed E-state index contributed by atoms with van der Waals surface area (Å²) < 4.78 is 8.57. The number of hydrogen-bond acceptors (Lipinski definition) is 6. The Bertz CT molecular complexity index is 528. The zero-order chi connectivity index (χ0) is 12.1. The molecular weight excluding hydrogens is 270 g/mol. The summed E-state index contributed by atoms with van der Waals surface area (Å²) in [4.78, 5) is 0. The molecule has 0 bridgehead atoms. The van der Waals surface area contributed by atoms with Crippen LogP contribution in [-0.4, -0.2) is 13.8 Å². The molecule has 0 aliphatic rings. The van der Waals surface area contributed by atoms with E-state index in [-0.39, 0.29) is 0 Å². The van der Waals surface area contributed by atoms with Crippen LogP contribution in [0.2, 0.25) is 0 Å². The maximum Gasteiger partial charge on any atom is 0.139 e. The number of thiocyanates is 1. The molecule has 2 rings (SSSR count). The summed E-state index contributed by atoms with van der Waals surface area (Å²) in [5.41, 5.74) is 3.22. The van der Waals surface area contributed by atoms with Crippen molar-refractivity contribution < 1.29 is 0 Å². The molecule has 2 aromatic rings. The Balaban J connectivity index is 2.19. The van der Waals surface area contributed by atoms with E-state index >= 15 is 0 Å². The molecule has 0 unspecified atom stereocenters. The van der Waals surface area contributed by atoms with Gasteiger partial charge in [0.15, 0.2) is 0 Å². The number of aryl methyl sites for hydroxylation is 1. The Labute approximate surface area is 113 Å². The fourth-order valence-electron chi connectivity index (χ4n) is 1.27. The van der Waals surface area contributed by atoms with Crippen molar-refractivity contribution in [2.45, 2.75) is 11.9 Å². The Morgan fingerprint density at radius 3 is 2.76 bits per heavy atom. The first-order valence-electron chi connectivity index (χ1n) is 4.84. The molecule has 0 aliphatic heterocycles. The average Bonchev–Trinajstić information content (AvgIpc) is 2.79. The third-order valence-electron chi connectivity index (χ3n) is 2.10. The summed E-state index contributed by atoms with van der Waals surface area (Å²) in [6.07, 6.45) is 0. The van der Waals surface area contributed by atoms with Crippen molar-refractivity contribution in [2.75, 3.05) is 5.08 Å². The molecule has 1 aromatic carbocycles. The Kier molecular flexibility index (Phi) is 4.42. The molecule has 86 valence electrons. The number of nitrogens with zero attached hydrogens (tertiary/aromatic N) is 3. The summed E-state index contributed by atoms with van der Waals surface area (Å²) in [6.45, 7) is 2.06. The van der Waals surface area contributed by atoms with E-state index in [2.05, 4.69) is 27.8 Å². The van der Waals surface area contributed by atoms with Gasteiger partial charge in [0.2, 0.25) is 0 Å². The molecule has 6 heteroatoms. The van der Waals surface area contributed by atoms with Crippen LogP contribution in [-0.2, 0) is 0 Å². The van der Waals surface area contributed by atoms with Gasteiger partial charge in [-0.25, -0.2) is 0 Å². The molecule has 0 atom stereocenters. The minimum Gasteiger partial charge on any atom is -0.185 e. The fraction of sp³-hybridized carbons (Fsp3) is 0.182. The summed E-state index contributed by atoms with van der Waals surface area (Å²) >= 11 is 3.98. The molecule has 3 nitrogen and oxygen atoms in total. The molecule has 1 aromatic heterocycles. The maximum absolute atomic E-state index is 8.48. The first-order valence-corrected chi connectivity index (χ1v) is 7.54. The van der Waals surface area contributed by atoms with E-state index in [1.807, 2.05) is 17.5 Å². The maximum atomic E-state index is 8.48. The van der Waals surface area contributed by atoms with Crippen LogP contribution in [0.3, 0.4) is 0 Å². The summed E-state index contributed by atoms with van der Waals surface area (Å²) in [7, 11) is 0. The lowest BCUT2D eigenvalue weighted by atomic mass is 10.1. The highest BCUT2D eigenvalue weighted by atomic mass is 32.2. The van der Waals surface area contributed by atoms with Gasteiger partial charge >= 0.3 is 0 Å². The SMILES string of the molecule is Cc1ccc(-c2nsnc2SCSC#N)cc1. The number of benzene rings is 1. The summed E-state index contributed by atoms with van der Waals surface area (Å²) in [5, 5.41) is 12.1. The van der Waals surface area contributed by atoms with E-state index in [1.165, 1.54) is 29.1 Å². The zero-order valence-corrected chi connectivity index (χ0v) is 11.5. The highest BCUT2D eigenvalue weighted by Crippen LogP contribution is 2.31. The van der Waals surface area contributed by atoms with Gasteiger partial charge in [0.05, 0.1) is 16.8 Å². The Morgan fingerprint density at radius 1 is 1.29 bits per heavy atom. The standard InChI is InChI=1S/C11H9N3S3/c1-8-2-4-9(5-3-8)10-11(14-17-13-10)16-7-15-6-12/h2-5H,7H2,1H3. The lowest BCUT2D eigenvalue weighted by molar-refractivity contribution is 1.27. The molecule has 0 radical (unpaired) electrons. The lowest BCUT2D eigenvalue weighted by Gasteiger charge is -2.00. The van der Waals surface area contributed by atoms with Crippen molar-refractivity contribution in [3.63, 3.8) is 0 Å². The smallest absolute Gasteiger partial charge is 0.139 e. The zero-order valence-electron chi connectivity index (χ0n) is 9.08. The third kappa shape index (κ3) is 3.22.